The fourth-order valence-corrected chi connectivity index (χ4v) is 5.49. The van der Waals surface area contributed by atoms with Crippen molar-refractivity contribution in [3.8, 4) is 0 Å². The predicted molar refractivity (Wildman–Crippen MR) is 120 cm³/mol. The van der Waals surface area contributed by atoms with Gasteiger partial charge in [-0.25, -0.2) is 0 Å². The van der Waals surface area contributed by atoms with Crippen molar-refractivity contribution in [3.05, 3.63) is 81.9 Å². The Hall–Kier alpha value is -3.81. The highest BCUT2D eigenvalue weighted by Gasteiger charge is 2.60. The van der Waals surface area contributed by atoms with Crippen molar-refractivity contribution in [3.63, 3.8) is 0 Å². The van der Waals surface area contributed by atoms with Crippen LogP contribution in [0, 0.1) is 40.7 Å². The summed E-state index contributed by atoms with van der Waals surface area (Å²) >= 11 is 0. The molecule has 1 saturated carbocycles. The topological polar surface area (TPSA) is 110 Å². The highest BCUT2D eigenvalue weighted by molar-refractivity contribution is 6.07. The summed E-state index contributed by atoms with van der Waals surface area (Å²) in [6.45, 7) is 1.93. The molecular formula is C25H23N3O5. The molecule has 1 saturated heterocycles. The van der Waals surface area contributed by atoms with Gasteiger partial charge in [0.1, 0.15) is 5.69 Å². The quantitative estimate of drug-likeness (QED) is 0.315. The van der Waals surface area contributed by atoms with Crippen LogP contribution < -0.4 is 5.32 Å². The van der Waals surface area contributed by atoms with Crippen LogP contribution >= 0.6 is 0 Å². The average molecular weight is 445 g/mol. The van der Waals surface area contributed by atoms with Crippen LogP contribution in [-0.4, -0.2) is 27.5 Å². The van der Waals surface area contributed by atoms with Gasteiger partial charge in [0.15, 0.2) is 0 Å². The SMILES string of the molecule is Cc1ccc(C(CC(=O)Nc2ccccc2[N+](=O)[O-])N2C(=O)C3C4C=CC(C4)C3C2=O)cc1. The first-order valence-corrected chi connectivity index (χ1v) is 11.0. The molecule has 5 unspecified atom stereocenters. The fourth-order valence-electron chi connectivity index (χ4n) is 5.49. The Morgan fingerprint density at radius 1 is 1.06 bits per heavy atom. The number of rotatable bonds is 6. The zero-order valence-corrected chi connectivity index (χ0v) is 18.0. The number of benzene rings is 2. The number of fused-ring (bicyclic) bond motifs is 5. The van der Waals surface area contributed by atoms with E-state index in [1.165, 1.54) is 23.1 Å². The van der Waals surface area contributed by atoms with Gasteiger partial charge in [0.05, 0.1) is 29.2 Å². The minimum absolute atomic E-state index is 0.0703. The van der Waals surface area contributed by atoms with Crippen molar-refractivity contribution in [2.45, 2.75) is 25.8 Å². The van der Waals surface area contributed by atoms with Gasteiger partial charge >= 0.3 is 0 Å². The van der Waals surface area contributed by atoms with Gasteiger partial charge in [0.25, 0.3) is 5.69 Å². The Bertz CT molecular complexity index is 1160. The van der Waals surface area contributed by atoms with E-state index in [0.717, 1.165) is 12.0 Å². The standard InChI is InChI=1S/C25H23N3O5/c1-14-6-8-15(9-7-14)20(13-21(29)26-18-4-2-3-5-19(18)28(32)33)27-24(30)22-16-10-11-17(12-16)23(22)25(27)31/h2-11,16-17,20,22-23H,12-13H2,1H3,(H,26,29). The molecule has 1 heterocycles. The molecule has 8 nitrogen and oxygen atoms in total. The lowest BCUT2D eigenvalue weighted by Gasteiger charge is -2.28. The molecule has 0 radical (unpaired) electrons. The van der Waals surface area contributed by atoms with Gasteiger partial charge in [0, 0.05) is 6.07 Å². The number of hydrogen-bond donors (Lipinski definition) is 1. The number of carbonyl (C=O) groups is 3. The number of aryl methyl sites for hydroxylation is 1. The molecule has 1 aliphatic heterocycles. The Kier molecular flexibility index (Phi) is 5.08. The van der Waals surface area contributed by atoms with Crippen LogP contribution in [0.25, 0.3) is 0 Å². The molecular weight excluding hydrogens is 422 g/mol. The fraction of sp³-hybridized carbons (Fsp3) is 0.320. The predicted octanol–water partition coefficient (Wildman–Crippen LogP) is 3.78. The number of likely N-dealkylation sites (tertiary alicyclic amines) is 1. The lowest BCUT2D eigenvalue weighted by molar-refractivity contribution is -0.383. The summed E-state index contributed by atoms with van der Waals surface area (Å²) in [5.74, 6) is -1.55. The molecule has 3 aliphatic rings. The van der Waals surface area contributed by atoms with Crippen LogP contribution in [-0.2, 0) is 14.4 Å². The second-order valence-electron chi connectivity index (χ2n) is 9.00. The van der Waals surface area contributed by atoms with Crippen LogP contribution in [0.15, 0.2) is 60.7 Å². The zero-order chi connectivity index (χ0) is 23.3. The van der Waals surface area contributed by atoms with E-state index in [4.69, 9.17) is 0 Å². The highest BCUT2D eigenvalue weighted by Crippen LogP contribution is 2.54. The molecule has 2 aromatic rings. The Morgan fingerprint density at radius 2 is 1.67 bits per heavy atom. The van der Waals surface area contributed by atoms with Gasteiger partial charge in [-0.05, 0) is 36.8 Å². The summed E-state index contributed by atoms with van der Waals surface area (Å²) in [6.07, 6.45) is 4.70. The van der Waals surface area contributed by atoms with E-state index in [1.54, 1.807) is 6.07 Å². The van der Waals surface area contributed by atoms with Crippen molar-refractivity contribution in [1.82, 2.24) is 4.90 Å². The van der Waals surface area contributed by atoms with Gasteiger partial charge in [-0.2, -0.15) is 0 Å². The molecule has 0 spiro atoms. The van der Waals surface area contributed by atoms with Crippen LogP contribution in [0.3, 0.4) is 0 Å². The van der Waals surface area contributed by atoms with Gasteiger partial charge < -0.3 is 5.32 Å². The van der Waals surface area contributed by atoms with E-state index < -0.39 is 16.9 Å². The highest BCUT2D eigenvalue weighted by atomic mass is 16.6. The van der Waals surface area contributed by atoms with Gasteiger partial charge in [-0.15, -0.1) is 0 Å². The Morgan fingerprint density at radius 3 is 2.27 bits per heavy atom. The number of para-hydroxylation sites is 2. The Balaban J connectivity index is 1.45. The van der Waals surface area contributed by atoms with Crippen molar-refractivity contribution in [2.75, 3.05) is 5.32 Å². The van der Waals surface area contributed by atoms with E-state index in [-0.39, 0.29) is 53.3 Å². The first kappa shape index (κ1) is 21.1. The van der Waals surface area contributed by atoms with E-state index in [0.29, 0.717) is 5.56 Å². The monoisotopic (exact) mass is 445 g/mol. The smallest absolute Gasteiger partial charge is 0.292 e. The zero-order valence-electron chi connectivity index (χ0n) is 18.0. The van der Waals surface area contributed by atoms with Crippen molar-refractivity contribution in [2.24, 2.45) is 23.7 Å². The summed E-state index contributed by atoms with van der Waals surface area (Å²) in [5.41, 5.74) is 1.55. The summed E-state index contributed by atoms with van der Waals surface area (Å²) in [5, 5.41) is 13.9. The van der Waals surface area contributed by atoms with Gasteiger partial charge in [-0.3, -0.25) is 29.4 Å². The lowest BCUT2D eigenvalue weighted by atomic mass is 9.85. The summed E-state index contributed by atoms with van der Waals surface area (Å²) in [4.78, 5) is 51.8. The molecule has 2 aromatic carbocycles. The van der Waals surface area contributed by atoms with E-state index in [9.17, 15) is 24.5 Å². The Labute approximate surface area is 190 Å². The lowest BCUT2D eigenvalue weighted by Crippen LogP contribution is -2.38. The maximum absolute atomic E-state index is 13.4. The molecule has 33 heavy (non-hydrogen) atoms. The van der Waals surface area contributed by atoms with Crippen LogP contribution in [0.5, 0.6) is 0 Å². The van der Waals surface area contributed by atoms with Crippen LogP contribution in [0.1, 0.15) is 30.0 Å². The second-order valence-corrected chi connectivity index (χ2v) is 9.00. The van der Waals surface area contributed by atoms with E-state index >= 15 is 0 Å². The number of nitro benzene ring substituents is 1. The van der Waals surface area contributed by atoms with Crippen molar-refractivity contribution >= 4 is 29.1 Å². The number of carbonyl (C=O) groups excluding carboxylic acids is 3. The van der Waals surface area contributed by atoms with Gasteiger partial charge in [-0.1, -0.05) is 54.1 Å². The normalized spacial score (nSPS) is 25.9. The molecule has 2 bridgehead atoms. The number of nitro groups is 1. The van der Waals surface area contributed by atoms with Gasteiger partial charge in [0.2, 0.25) is 17.7 Å². The third kappa shape index (κ3) is 3.51. The summed E-state index contributed by atoms with van der Waals surface area (Å²) in [7, 11) is 0. The molecule has 8 heteroatoms. The molecule has 5 rings (SSSR count). The molecule has 5 atom stereocenters. The third-order valence-corrected chi connectivity index (χ3v) is 7.03. The van der Waals surface area contributed by atoms with Crippen LogP contribution in [0.4, 0.5) is 11.4 Å². The summed E-state index contributed by atoms with van der Waals surface area (Å²) in [6, 6.07) is 12.5. The number of amides is 3. The second kappa shape index (κ2) is 7.95. The van der Waals surface area contributed by atoms with E-state index in [2.05, 4.69) is 5.32 Å². The number of imide groups is 1. The third-order valence-electron chi connectivity index (χ3n) is 7.03. The minimum Gasteiger partial charge on any atom is -0.320 e. The maximum atomic E-state index is 13.4. The number of allylic oxidation sites excluding steroid dienone is 2. The number of anilines is 1. The minimum atomic E-state index is -0.779. The summed E-state index contributed by atoms with van der Waals surface area (Å²) < 4.78 is 0. The molecule has 1 N–H and O–H groups in total. The van der Waals surface area contributed by atoms with E-state index in [1.807, 2.05) is 43.3 Å². The number of hydrogen-bond acceptors (Lipinski definition) is 5. The molecule has 168 valence electrons. The first-order valence-electron chi connectivity index (χ1n) is 11.0. The molecule has 2 aliphatic carbocycles. The van der Waals surface area contributed by atoms with Crippen molar-refractivity contribution < 1.29 is 19.3 Å². The molecule has 0 aromatic heterocycles. The average Bonchev–Trinajstić information content (AvgIpc) is 3.47. The van der Waals surface area contributed by atoms with Crippen molar-refractivity contribution in [1.29, 1.82) is 0 Å². The number of nitrogens with zero attached hydrogens (tertiary/aromatic N) is 2. The number of nitrogens with one attached hydrogen (secondary N) is 1. The largest absolute Gasteiger partial charge is 0.320 e. The first-order chi connectivity index (χ1) is 15.8. The maximum Gasteiger partial charge on any atom is 0.292 e. The molecule has 2 fully saturated rings. The van der Waals surface area contributed by atoms with Crippen LogP contribution in [0.2, 0.25) is 0 Å². The molecule has 3 amide bonds.